The second-order valence-corrected chi connectivity index (χ2v) is 6.51. The summed E-state index contributed by atoms with van der Waals surface area (Å²) in [5, 5.41) is 10.7. The lowest BCUT2D eigenvalue weighted by molar-refractivity contribution is -0.385. The second-order valence-electron chi connectivity index (χ2n) is 6.51. The molecule has 0 spiro atoms. The Kier molecular flexibility index (Phi) is 5.91. The number of carbonyl (C=O) groups excluding carboxylic acids is 2. The number of aryl methyl sites for hydroxylation is 1. The van der Waals surface area contributed by atoms with Crippen molar-refractivity contribution >= 4 is 17.4 Å². The Labute approximate surface area is 171 Å². The molecule has 2 aromatic carbocycles. The third-order valence-electron chi connectivity index (χ3n) is 4.47. The molecule has 0 aliphatic carbocycles. The van der Waals surface area contributed by atoms with Gasteiger partial charge in [0.05, 0.1) is 11.0 Å². The van der Waals surface area contributed by atoms with Crippen LogP contribution in [0.3, 0.4) is 0 Å². The Bertz CT molecular complexity index is 1130. The van der Waals surface area contributed by atoms with Gasteiger partial charge in [-0.2, -0.15) is 0 Å². The molecule has 3 aromatic rings. The number of hydrogen-bond acceptors (Lipinski definition) is 5. The highest BCUT2D eigenvalue weighted by Crippen LogP contribution is 2.23. The van der Waals surface area contributed by atoms with Gasteiger partial charge in [0.25, 0.3) is 11.6 Å². The first-order valence-electron chi connectivity index (χ1n) is 8.93. The summed E-state index contributed by atoms with van der Waals surface area (Å²) in [4.78, 5) is 34.9. The lowest BCUT2D eigenvalue weighted by Crippen LogP contribution is -2.25. The fourth-order valence-corrected chi connectivity index (χ4v) is 2.91. The Morgan fingerprint density at radius 3 is 2.47 bits per heavy atom. The monoisotopic (exact) mass is 411 g/mol. The van der Waals surface area contributed by atoms with Gasteiger partial charge in [0.2, 0.25) is 5.78 Å². The highest BCUT2D eigenvalue weighted by atomic mass is 19.1. The molecular formula is C21H18FN3O5. The maximum atomic E-state index is 13.9. The topological polar surface area (TPSA) is 103 Å². The first-order valence-corrected chi connectivity index (χ1v) is 8.93. The lowest BCUT2D eigenvalue weighted by Gasteiger charge is -2.12. The van der Waals surface area contributed by atoms with E-state index in [2.05, 4.69) is 5.43 Å². The van der Waals surface area contributed by atoms with Gasteiger partial charge in [-0.1, -0.05) is 18.2 Å². The van der Waals surface area contributed by atoms with Crippen LogP contribution in [0.5, 0.6) is 5.75 Å². The molecule has 30 heavy (non-hydrogen) atoms. The van der Waals surface area contributed by atoms with Crippen LogP contribution in [0.2, 0.25) is 0 Å². The van der Waals surface area contributed by atoms with Crippen LogP contribution in [0.1, 0.15) is 32.1 Å². The minimum Gasteiger partial charge on any atom is -0.482 e. The van der Waals surface area contributed by atoms with Crippen LogP contribution in [0.4, 0.5) is 10.1 Å². The first kappa shape index (κ1) is 20.7. The normalized spacial score (nSPS) is 10.5. The third-order valence-corrected chi connectivity index (χ3v) is 4.47. The number of hydrogen-bond donors (Lipinski definition) is 1. The molecule has 0 saturated heterocycles. The summed E-state index contributed by atoms with van der Waals surface area (Å²) >= 11 is 0. The van der Waals surface area contributed by atoms with Crippen LogP contribution in [-0.2, 0) is 0 Å². The predicted molar refractivity (Wildman–Crippen MR) is 107 cm³/mol. The van der Waals surface area contributed by atoms with Gasteiger partial charge < -0.3 is 4.74 Å². The van der Waals surface area contributed by atoms with E-state index in [1.807, 2.05) is 0 Å². The number of nitrogens with zero attached hydrogens (tertiary/aromatic N) is 2. The van der Waals surface area contributed by atoms with E-state index in [4.69, 9.17) is 4.74 Å². The number of halogens is 1. The maximum absolute atomic E-state index is 13.9. The zero-order valence-electron chi connectivity index (χ0n) is 16.2. The molecule has 0 aliphatic heterocycles. The van der Waals surface area contributed by atoms with Gasteiger partial charge in [-0.05, 0) is 38.1 Å². The average molecular weight is 411 g/mol. The molecule has 0 radical (unpaired) electrons. The summed E-state index contributed by atoms with van der Waals surface area (Å²) in [7, 11) is 0. The van der Waals surface area contributed by atoms with E-state index in [1.165, 1.54) is 4.68 Å². The molecule has 0 fully saturated rings. The maximum Gasteiger partial charge on any atom is 0.272 e. The van der Waals surface area contributed by atoms with Crippen LogP contribution in [0, 0.1) is 29.8 Å². The SMILES string of the molecule is Cc1cc(C(=O)COc2ccc([N+](=O)[O-])cc2F)c(C)n1NC(=O)c1ccccc1. The molecule has 9 heteroatoms. The summed E-state index contributed by atoms with van der Waals surface area (Å²) in [5.41, 5.74) is 4.21. The lowest BCUT2D eigenvalue weighted by atomic mass is 10.1. The standard InChI is InChI=1S/C21H18FN3O5/c1-13-10-17(14(2)24(13)23-21(27)15-6-4-3-5-7-15)19(26)12-30-20-9-8-16(25(28)29)11-18(20)22/h3-11H,12H2,1-2H3,(H,23,27). The number of ketones is 1. The average Bonchev–Trinajstić information content (AvgIpc) is 3.01. The highest BCUT2D eigenvalue weighted by Gasteiger charge is 2.19. The molecule has 0 aliphatic rings. The minimum atomic E-state index is -0.933. The van der Waals surface area contributed by atoms with Crippen LogP contribution in [-0.4, -0.2) is 27.9 Å². The van der Waals surface area contributed by atoms with Crippen molar-refractivity contribution in [2.24, 2.45) is 0 Å². The van der Waals surface area contributed by atoms with Crippen LogP contribution in [0.15, 0.2) is 54.6 Å². The van der Waals surface area contributed by atoms with E-state index in [0.717, 1.165) is 18.2 Å². The molecule has 1 aromatic heterocycles. The summed E-state index contributed by atoms with van der Waals surface area (Å²) in [6.45, 7) is 2.93. The van der Waals surface area contributed by atoms with Crippen molar-refractivity contribution in [1.29, 1.82) is 0 Å². The first-order chi connectivity index (χ1) is 14.3. The van der Waals surface area contributed by atoms with Gasteiger partial charge in [-0.3, -0.25) is 29.8 Å². The summed E-state index contributed by atoms with van der Waals surface area (Å²) < 4.78 is 20.6. The number of benzene rings is 2. The van der Waals surface area contributed by atoms with Crippen molar-refractivity contribution in [3.63, 3.8) is 0 Å². The summed E-state index contributed by atoms with van der Waals surface area (Å²) in [5.74, 6) is -1.96. The third kappa shape index (κ3) is 4.35. The Hall–Kier alpha value is -4.01. The smallest absolute Gasteiger partial charge is 0.272 e. The van der Waals surface area contributed by atoms with E-state index in [0.29, 0.717) is 22.5 Å². The highest BCUT2D eigenvalue weighted by molar-refractivity contribution is 6.01. The Balaban J connectivity index is 1.72. The van der Waals surface area contributed by atoms with Crippen molar-refractivity contribution in [2.75, 3.05) is 12.0 Å². The number of nitro benzene ring substituents is 1. The Morgan fingerprint density at radius 2 is 1.83 bits per heavy atom. The van der Waals surface area contributed by atoms with E-state index >= 15 is 0 Å². The fourth-order valence-electron chi connectivity index (χ4n) is 2.91. The number of amides is 1. The number of ether oxygens (including phenoxy) is 1. The fraction of sp³-hybridized carbons (Fsp3) is 0.143. The van der Waals surface area contributed by atoms with Crippen molar-refractivity contribution in [2.45, 2.75) is 13.8 Å². The molecule has 154 valence electrons. The molecule has 1 N–H and O–H groups in total. The van der Waals surface area contributed by atoms with E-state index < -0.39 is 28.8 Å². The molecule has 0 bridgehead atoms. The summed E-state index contributed by atoms with van der Waals surface area (Å²) in [6, 6.07) is 13.1. The number of Topliss-reactive ketones (excluding diaryl/α,β-unsaturated/α-hetero) is 1. The number of aromatic nitrogens is 1. The molecule has 1 heterocycles. The molecule has 3 rings (SSSR count). The molecule has 0 atom stereocenters. The quantitative estimate of drug-likeness (QED) is 0.362. The minimum absolute atomic E-state index is 0.264. The number of rotatable bonds is 7. The van der Waals surface area contributed by atoms with Crippen molar-refractivity contribution in [3.05, 3.63) is 93.0 Å². The van der Waals surface area contributed by atoms with Gasteiger partial charge >= 0.3 is 0 Å². The van der Waals surface area contributed by atoms with Gasteiger partial charge in [0, 0.05) is 28.6 Å². The zero-order valence-corrected chi connectivity index (χ0v) is 16.2. The van der Waals surface area contributed by atoms with E-state index in [-0.39, 0.29) is 11.7 Å². The molecule has 0 unspecified atom stereocenters. The van der Waals surface area contributed by atoms with Crippen LogP contribution >= 0.6 is 0 Å². The van der Waals surface area contributed by atoms with Crippen LogP contribution in [0.25, 0.3) is 0 Å². The second kappa shape index (κ2) is 8.56. The Morgan fingerprint density at radius 1 is 1.13 bits per heavy atom. The van der Waals surface area contributed by atoms with Crippen molar-refractivity contribution in [1.82, 2.24) is 4.68 Å². The van der Waals surface area contributed by atoms with Gasteiger partial charge in [0.1, 0.15) is 0 Å². The molecular weight excluding hydrogens is 393 g/mol. The van der Waals surface area contributed by atoms with Crippen molar-refractivity contribution in [3.8, 4) is 5.75 Å². The number of carbonyl (C=O) groups is 2. The van der Waals surface area contributed by atoms with E-state index in [9.17, 15) is 24.1 Å². The molecule has 1 amide bonds. The van der Waals surface area contributed by atoms with E-state index in [1.54, 1.807) is 50.2 Å². The van der Waals surface area contributed by atoms with Gasteiger partial charge in [-0.25, -0.2) is 4.39 Å². The zero-order chi connectivity index (χ0) is 21.8. The predicted octanol–water partition coefficient (Wildman–Crippen LogP) is 3.80. The number of non-ortho nitro benzene ring substituents is 1. The van der Waals surface area contributed by atoms with Crippen molar-refractivity contribution < 1.29 is 23.6 Å². The van der Waals surface area contributed by atoms with Gasteiger partial charge in [-0.15, -0.1) is 0 Å². The largest absolute Gasteiger partial charge is 0.482 e. The summed E-state index contributed by atoms with van der Waals surface area (Å²) in [6.07, 6.45) is 0. The molecule has 0 saturated carbocycles. The number of nitrogens with one attached hydrogen (secondary N) is 1. The van der Waals surface area contributed by atoms with Crippen LogP contribution < -0.4 is 10.2 Å². The van der Waals surface area contributed by atoms with Gasteiger partial charge in [0.15, 0.2) is 18.2 Å². The number of nitro groups is 1. The molecule has 8 nitrogen and oxygen atoms in total.